The van der Waals surface area contributed by atoms with E-state index in [1.165, 1.54) is 30.3 Å². The molecule has 0 aliphatic heterocycles. The molecular weight excluding hydrogens is 315 g/mol. The van der Waals surface area contributed by atoms with Crippen molar-refractivity contribution in [1.29, 1.82) is 0 Å². The number of ether oxygens (including phenoxy) is 1. The monoisotopic (exact) mass is 323 g/mol. The Bertz CT molecular complexity index is 869. The number of hydrogen-bond donors (Lipinski definition) is 1. The molecule has 0 radical (unpaired) electrons. The third kappa shape index (κ3) is 3.10. The van der Waals surface area contributed by atoms with E-state index in [1.54, 1.807) is 0 Å². The van der Waals surface area contributed by atoms with E-state index in [0.717, 1.165) is 12.1 Å². The van der Waals surface area contributed by atoms with Gasteiger partial charge in [-0.15, -0.1) is 13.2 Å². The van der Waals surface area contributed by atoms with Crippen LogP contribution >= 0.6 is 0 Å². The van der Waals surface area contributed by atoms with Crippen molar-refractivity contribution in [2.24, 2.45) is 0 Å². The predicted molar refractivity (Wildman–Crippen MR) is 73.1 cm³/mol. The van der Waals surface area contributed by atoms with Gasteiger partial charge in [0.2, 0.25) is 0 Å². The zero-order valence-electron chi connectivity index (χ0n) is 11.3. The molecule has 0 unspecified atom stereocenters. The van der Waals surface area contributed by atoms with E-state index in [9.17, 15) is 18.0 Å². The molecule has 5 nitrogen and oxygen atoms in total. The molecular formula is C15H8F3NO4. The number of halogens is 3. The first-order valence-corrected chi connectivity index (χ1v) is 6.32. The van der Waals surface area contributed by atoms with E-state index >= 15 is 0 Å². The fraction of sp³-hybridized carbons (Fsp3) is 0.0667. The first kappa shape index (κ1) is 14.9. The lowest BCUT2D eigenvalue weighted by molar-refractivity contribution is -0.274. The first-order chi connectivity index (χ1) is 10.8. The van der Waals surface area contributed by atoms with Crippen molar-refractivity contribution in [3.05, 3.63) is 48.0 Å². The van der Waals surface area contributed by atoms with Crippen molar-refractivity contribution in [3.8, 4) is 17.1 Å². The van der Waals surface area contributed by atoms with Gasteiger partial charge in [-0.25, -0.2) is 4.79 Å². The second-order valence-electron chi connectivity index (χ2n) is 4.62. The molecule has 2 aromatic carbocycles. The van der Waals surface area contributed by atoms with Gasteiger partial charge in [-0.3, -0.25) is 0 Å². The summed E-state index contributed by atoms with van der Waals surface area (Å²) in [6, 6.07) is 9.28. The molecule has 0 fully saturated rings. The molecule has 1 heterocycles. The van der Waals surface area contributed by atoms with Crippen molar-refractivity contribution >= 4 is 16.9 Å². The van der Waals surface area contributed by atoms with E-state index in [0.29, 0.717) is 16.5 Å². The molecule has 8 heteroatoms. The van der Waals surface area contributed by atoms with E-state index in [1.807, 2.05) is 0 Å². The summed E-state index contributed by atoms with van der Waals surface area (Å²) in [6.07, 6.45) is -4.77. The average molecular weight is 323 g/mol. The second-order valence-corrected chi connectivity index (χ2v) is 4.62. The predicted octanol–water partition coefficient (Wildman–Crippen LogP) is 4.09. The van der Waals surface area contributed by atoms with Gasteiger partial charge < -0.3 is 14.4 Å². The van der Waals surface area contributed by atoms with Gasteiger partial charge in [0.25, 0.3) is 0 Å². The van der Waals surface area contributed by atoms with Crippen LogP contribution in [0.2, 0.25) is 0 Å². The van der Waals surface area contributed by atoms with Crippen LogP contribution in [0.15, 0.2) is 47.0 Å². The van der Waals surface area contributed by atoms with E-state index in [2.05, 4.69) is 9.89 Å². The number of carbonyl (C=O) groups is 1. The van der Waals surface area contributed by atoms with Crippen LogP contribution in [-0.2, 0) is 0 Å². The number of rotatable bonds is 3. The summed E-state index contributed by atoms with van der Waals surface area (Å²) >= 11 is 0. The summed E-state index contributed by atoms with van der Waals surface area (Å²) in [5.41, 5.74) is 0.948. The Labute approximate surface area is 126 Å². The molecule has 0 saturated carbocycles. The zero-order valence-corrected chi connectivity index (χ0v) is 11.3. The maximum absolute atomic E-state index is 12.1. The Hall–Kier alpha value is -3.03. The minimum atomic E-state index is -4.77. The van der Waals surface area contributed by atoms with Gasteiger partial charge in [0.05, 0.1) is 10.9 Å². The largest absolute Gasteiger partial charge is 0.573 e. The van der Waals surface area contributed by atoms with Gasteiger partial charge in [-0.1, -0.05) is 5.16 Å². The lowest BCUT2D eigenvalue weighted by Crippen LogP contribution is -2.16. The van der Waals surface area contributed by atoms with Crippen molar-refractivity contribution in [1.82, 2.24) is 5.16 Å². The lowest BCUT2D eigenvalue weighted by atomic mass is 10.1. The summed E-state index contributed by atoms with van der Waals surface area (Å²) in [7, 11) is 0. The molecule has 0 spiro atoms. The Morgan fingerprint density at radius 2 is 1.83 bits per heavy atom. The minimum Gasteiger partial charge on any atom is -0.478 e. The van der Waals surface area contributed by atoms with E-state index in [4.69, 9.17) is 9.63 Å². The van der Waals surface area contributed by atoms with Crippen molar-refractivity contribution in [2.45, 2.75) is 6.36 Å². The maximum Gasteiger partial charge on any atom is 0.573 e. The van der Waals surface area contributed by atoms with Crippen molar-refractivity contribution < 1.29 is 32.3 Å². The van der Waals surface area contributed by atoms with E-state index in [-0.39, 0.29) is 17.1 Å². The first-order valence-electron chi connectivity index (χ1n) is 6.32. The van der Waals surface area contributed by atoms with Crippen LogP contribution in [0.3, 0.4) is 0 Å². The highest BCUT2D eigenvalue weighted by Crippen LogP contribution is 2.31. The molecule has 0 aliphatic rings. The van der Waals surface area contributed by atoms with Gasteiger partial charge in [-0.05, 0) is 42.5 Å². The van der Waals surface area contributed by atoms with Crippen LogP contribution in [0.25, 0.3) is 22.2 Å². The summed E-state index contributed by atoms with van der Waals surface area (Å²) < 4.78 is 45.4. The normalized spacial score (nSPS) is 11.6. The van der Waals surface area contributed by atoms with Crippen molar-refractivity contribution in [2.75, 3.05) is 0 Å². The summed E-state index contributed by atoms with van der Waals surface area (Å²) in [6.45, 7) is 0. The molecule has 1 N–H and O–H groups in total. The van der Waals surface area contributed by atoms with Crippen LogP contribution < -0.4 is 4.74 Å². The van der Waals surface area contributed by atoms with Gasteiger partial charge in [-0.2, -0.15) is 0 Å². The number of carboxylic acids is 1. The highest BCUT2D eigenvalue weighted by molar-refractivity contribution is 5.98. The molecule has 0 aliphatic carbocycles. The number of hydrogen-bond acceptors (Lipinski definition) is 4. The fourth-order valence-electron chi connectivity index (χ4n) is 2.09. The molecule has 3 aromatic rings. The maximum atomic E-state index is 12.1. The minimum absolute atomic E-state index is 0.0546. The number of nitrogens with zero attached hydrogens (tertiary/aromatic N) is 1. The molecule has 3 rings (SSSR count). The molecule has 118 valence electrons. The number of alkyl halides is 3. The highest BCUT2D eigenvalue weighted by Gasteiger charge is 2.31. The molecule has 0 atom stereocenters. The Morgan fingerprint density at radius 3 is 2.43 bits per heavy atom. The molecule has 0 amide bonds. The molecule has 1 aromatic heterocycles. The number of aromatic carboxylic acids is 1. The highest BCUT2D eigenvalue weighted by atomic mass is 19.4. The topological polar surface area (TPSA) is 72.6 Å². The standard InChI is InChI=1S/C15H8F3NO4/c16-15(17,18)22-10-4-1-8(2-5-10)13-11-7-9(14(20)21)3-6-12(11)19-23-13/h1-7H,(H,20,21). The SMILES string of the molecule is O=C(O)c1ccc2noc(-c3ccc(OC(F)(F)F)cc3)c2c1. The Morgan fingerprint density at radius 1 is 1.13 bits per heavy atom. The third-order valence-corrected chi connectivity index (χ3v) is 3.07. The van der Waals surface area contributed by atoms with Crippen LogP contribution in [-0.4, -0.2) is 22.6 Å². The van der Waals surface area contributed by atoms with Gasteiger partial charge in [0.1, 0.15) is 11.3 Å². The lowest BCUT2D eigenvalue weighted by Gasteiger charge is -2.08. The summed E-state index contributed by atoms with van der Waals surface area (Å²) in [5, 5.41) is 13.3. The second kappa shape index (κ2) is 5.31. The number of aromatic nitrogens is 1. The quantitative estimate of drug-likeness (QED) is 0.786. The van der Waals surface area contributed by atoms with Crippen LogP contribution in [0.4, 0.5) is 13.2 Å². The number of benzene rings is 2. The van der Waals surface area contributed by atoms with Gasteiger partial charge >= 0.3 is 12.3 Å². The number of fused-ring (bicyclic) bond motifs is 1. The van der Waals surface area contributed by atoms with E-state index < -0.39 is 12.3 Å². The molecule has 0 bridgehead atoms. The molecule has 23 heavy (non-hydrogen) atoms. The zero-order chi connectivity index (χ0) is 16.6. The number of carboxylic acid groups (broad SMARTS) is 1. The fourth-order valence-corrected chi connectivity index (χ4v) is 2.09. The smallest absolute Gasteiger partial charge is 0.478 e. The summed E-state index contributed by atoms with van der Waals surface area (Å²) in [5.74, 6) is -1.20. The van der Waals surface area contributed by atoms with Crippen LogP contribution in [0, 0.1) is 0 Å². The van der Waals surface area contributed by atoms with Crippen LogP contribution in [0.5, 0.6) is 5.75 Å². The average Bonchev–Trinajstić information content (AvgIpc) is 2.89. The van der Waals surface area contributed by atoms with Crippen LogP contribution in [0.1, 0.15) is 10.4 Å². The summed E-state index contributed by atoms with van der Waals surface area (Å²) in [4.78, 5) is 11.0. The Balaban J connectivity index is 1.99. The van der Waals surface area contributed by atoms with Gasteiger partial charge in [0, 0.05) is 5.56 Å². The van der Waals surface area contributed by atoms with Crippen molar-refractivity contribution in [3.63, 3.8) is 0 Å². The third-order valence-electron chi connectivity index (χ3n) is 3.07. The molecule has 0 saturated heterocycles. The van der Waals surface area contributed by atoms with Gasteiger partial charge in [0.15, 0.2) is 5.76 Å². The Kier molecular flexibility index (Phi) is 3.44.